The lowest BCUT2D eigenvalue weighted by Crippen LogP contribution is -2.29. The molecule has 5 rings (SSSR count). The van der Waals surface area contributed by atoms with Gasteiger partial charge in [-0.3, -0.25) is 23.9 Å². The number of carbonyl (C=O) groups excluding carboxylic acids is 1. The average Bonchev–Trinajstić information content (AvgIpc) is 3.50. The Morgan fingerprint density at radius 2 is 2.15 bits per heavy atom. The summed E-state index contributed by atoms with van der Waals surface area (Å²) in [6.45, 7) is 3.42. The highest BCUT2D eigenvalue weighted by molar-refractivity contribution is 7.99. The van der Waals surface area contributed by atoms with E-state index in [0.717, 1.165) is 4.88 Å². The molecule has 0 radical (unpaired) electrons. The molecule has 0 aromatic carbocycles. The zero-order valence-electron chi connectivity index (χ0n) is 17.7. The van der Waals surface area contributed by atoms with Gasteiger partial charge in [-0.25, -0.2) is 9.97 Å². The zero-order valence-corrected chi connectivity index (χ0v) is 19.4. The summed E-state index contributed by atoms with van der Waals surface area (Å²) in [5.74, 6) is 0.885. The predicted molar refractivity (Wildman–Crippen MR) is 126 cm³/mol. The molecule has 1 amide bonds. The SMILES string of the molecule is Cc1cc(=O)[nH]c(-n2nc(-c3cccs3)cc2NC(=O)CC2CSc3ncc(C)c(=O)n32)n1. The molecule has 10 nitrogen and oxygen atoms in total. The third kappa shape index (κ3) is 4.14. The standard InChI is InChI=1S/C21H19N7O3S2/c1-11-9-22-21-27(19(11)31)13(10-33-21)7-18(30)24-16-8-14(15-4-3-5-32-15)26-28(16)20-23-12(2)6-17(29)25-20/h3-6,8-9,13H,7,10H2,1-2H3,(H,24,30)(H,23,25,29). The fourth-order valence-corrected chi connectivity index (χ4v) is 5.41. The van der Waals surface area contributed by atoms with Crippen molar-refractivity contribution in [3.05, 3.63) is 67.8 Å². The number of amides is 1. The molecule has 168 valence electrons. The lowest BCUT2D eigenvalue weighted by Gasteiger charge is -2.14. The van der Waals surface area contributed by atoms with Gasteiger partial charge in [0.2, 0.25) is 11.9 Å². The highest BCUT2D eigenvalue weighted by atomic mass is 32.2. The van der Waals surface area contributed by atoms with E-state index in [1.54, 1.807) is 30.7 Å². The molecule has 0 spiro atoms. The Kier molecular flexibility index (Phi) is 5.46. The molecule has 0 fully saturated rings. The summed E-state index contributed by atoms with van der Waals surface area (Å²) in [4.78, 5) is 49.8. The molecule has 0 bridgehead atoms. The van der Waals surface area contributed by atoms with Gasteiger partial charge in [0.05, 0.1) is 10.9 Å². The number of thiophene rings is 1. The molecular weight excluding hydrogens is 462 g/mol. The Morgan fingerprint density at radius 1 is 1.30 bits per heavy atom. The number of thioether (sulfide) groups is 1. The van der Waals surface area contributed by atoms with Crippen LogP contribution in [0.5, 0.6) is 0 Å². The van der Waals surface area contributed by atoms with Crippen LogP contribution in [-0.4, -0.2) is 41.0 Å². The lowest BCUT2D eigenvalue weighted by atomic mass is 10.2. The van der Waals surface area contributed by atoms with Gasteiger partial charge in [0.15, 0.2) is 5.16 Å². The Balaban J connectivity index is 1.46. The third-order valence-corrected chi connectivity index (χ3v) is 7.13. The molecule has 1 aliphatic heterocycles. The van der Waals surface area contributed by atoms with E-state index in [1.807, 2.05) is 17.5 Å². The van der Waals surface area contributed by atoms with Crippen molar-refractivity contribution >= 4 is 34.8 Å². The van der Waals surface area contributed by atoms with E-state index in [-0.39, 0.29) is 35.4 Å². The maximum atomic E-state index is 13.0. The number of carbonyl (C=O) groups is 1. The van der Waals surface area contributed by atoms with E-state index in [2.05, 4.69) is 25.4 Å². The molecule has 12 heteroatoms. The van der Waals surface area contributed by atoms with Crippen molar-refractivity contribution in [2.75, 3.05) is 11.1 Å². The van der Waals surface area contributed by atoms with Gasteiger partial charge in [0.1, 0.15) is 11.5 Å². The minimum Gasteiger partial charge on any atom is -0.310 e. The number of hydrogen-bond donors (Lipinski definition) is 2. The number of hydrogen-bond acceptors (Lipinski definition) is 8. The maximum absolute atomic E-state index is 13.0. The van der Waals surface area contributed by atoms with Crippen LogP contribution >= 0.6 is 23.1 Å². The molecule has 33 heavy (non-hydrogen) atoms. The van der Waals surface area contributed by atoms with Gasteiger partial charge in [0, 0.05) is 41.8 Å². The second kappa shape index (κ2) is 8.45. The first kappa shape index (κ1) is 21.3. The first-order chi connectivity index (χ1) is 15.9. The first-order valence-electron chi connectivity index (χ1n) is 10.1. The number of H-pyrrole nitrogens is 1. The summed E-state index contributed by atoms with van der Waals surface area (Å²) in [5.41, 5.74) is 1.27. The topological polar surface area (TPSA) is 128 Å². The molecule has 5 heterocycles. The summed E-state index contributed by atoms with van der Waals surface area (Å²) in [7, 11) is 0. The molecule has 0 saturated carbocycles. The molecule has 1 aliphatic rings. The number of aromatic amines is 1. The fraction of sp³-hybridized carbons (Fsp3) is 0.238. The second-order valence-corrected chi connectivity index (χ2v) is 9.57. The number of aromatic nitrogens is 6. The molecule has 0 saturated heterocycles. The normalized spacial score (nSPS) is 14.9. The Labute approximate surface area is 195 Å². The molecule has 4 aromatic rings. The Bertz CT molecular complexity index is 1470. The number of nitrogens with zero attached hydrogens (tertiary/aromatic N) is 5. The number of aryl methyl sites for hydroxylation is 2. The van der Waals surface area contributed by atoms with Crippen LogP contribution in [0.4, 0.5) is 5.82 Å². The smallest absolute Gasteiger partial charge is 0.257 e. The van der Waals surface area contributed by atoms with Gasteiger partial charge in [-0.05, 0) is 25.3 Å². The molecule has 4 aromatic heterocycles. The number of fused-ring (bicyclic) bond motifs is 1. The Hall–Kier alpha value is -3.51. The quantitative estimate of drug-likeness (QED) is 0.419. The predicted octanol–water partition coefficient (Wildman–Crippen LogP) is 2.53. The minimum atomic E-state index is -0.315. The van der Waals surface area contributed by atoms with Gasteiger partial charge in [-0.2, -0.15) is 9.78 Å². The monoisotopic (exact) mass is 481 g/mol. The summed E-state index contributed by atoms with van der Waals surface area (Å²) in [6, 6.07) is 6.65. The van der Waals surface area contributed by atoms with Gasteiger partial charge in [-0.1, -0.05) is 17.8 Å². The number of nitrogens with one attached hydrogen (secondary N) is 2. The molecule has 1 atom stereocenters. The van der Waals surface area contributed by atoms with Crippen molar-refractivity contribution in [2.24, 2.45) is 0 Å². The van der Waals surface area contributed by atoms with Crippen LogP contribution in [0, 0.1) is 13.8 Å². The van der Waals surface area contributed by atoms with Crippen LogP contribution < -0.4 is 16.4 Å². The number of anilines is 1. The average molecular weight is 482 g/mol. The highest BCUT2D eigenvalue weighted by Crippen LogP contribution is 2.32. The van der Waals surface area contributed by atoms with Crippen molar-refractivity contribution < 1.29 is 4.79 Å². The first-order valence-corrected chi connectivity index (χ1v) is 12.0. The van der Waals surface area contributed by atoms with E-state index in [4.69, 9.17) is 0 Å². The zero-order chi connectivity index (χ0) is 23.1. The van der Waals surface area contributed by atoms with Crippen molar-refractivity contribution in [2.45, 2.75) is 31.5 Å². The largest absolute Gasteiger partial charge is 0.310 e. The van der Waals surface area contributed by atoms with E-state index in [9.17, 15) is 14.4 Å². The van der Waals surface area contributed by atoms with Gasteiger partial charge < -0.3 is 5.32 Å². The molecular formula is C21H19N7O3S2. The fourth-order valence-electron chi connectivity index (χ4n) is 3.62. The van der Waals surface area contributed by atoms with Crippen LogP contribution in [-0.2, 0) is 4.79 Å². The van der Waals surface area contributed by atoms with E-state index < -0.39 is 0 Å². The van der Waals surface area contributed by atoms with Gasteiger partial charge in [0.25, 0.3) is 11.1 Å². The summed E-state index contributed by atoms with van der Waals surface area (Å²) < 4.78 is 3.00. The molecule has 2 N–H and O–H groups in total. The lowest BCUT2D eigenvalue weighted by molar-refractivity contribution is -0.116. The summed E-state index contributed by atoms with van der Waals surface area (Å²) in [6.07, 6.45) is 1.66. The highest BCUT2D eigenvalue weighted by Gasteiger charge is 2.28. The van der Waals surface area contributed by atoms with Crippen molar-refractivity contribution in [3.8, 4) is 16.5 Å². The van der Waals surface area contributed by atoms with Crippen molar-refractivity contribution in [1.82, 2.24) is 29.3 Å². The van der Waals surface area contributed by atoms with E-state index in [0.29, 0.717) is 33.7 Å². The molecule has 0 aliphatic carbocycles. The Morgan fingerprint density at radius 3 is 2.91 bits per heavy atom. The van der Waals surface area contributed by atoms with Crippen LogP contribution in [0.2, 0.25) is 0 Å². The summed E-state index contributed by atoms with van der Waals surface area (Å²) in [5, 5.41) is 10.00. The van der Waals surface area contributed by atoms with Crippen LogP contribution in [0.25, 0.3) is 16.5 Å². The second-order valence-electron chi connectivity index (χ2n) is 7.63. The van der Waals surface area contributed by atoms with E-state index in [1.165, 1.54) is 33.8 Å². The molecule has 1 unspecified atom stereocenters. The van der Waals surface area contributed by atoms with Gasteiger partial charge >= 0.3 is 0 Å². The maximum Gasteiger partial charge on any atom is 0.257 e. The third-order valence-electron chi connectivity index (χ3n) is 5.13. The summed E-state index contributed by atoms with van der Waals surface area (Å²) >= 11 is 2.97. The van der Waals surface area contributed by atoms with E-state index >= 15 is 0 Å². The van der Waals surface area contributed by atoms with Crippen LogP contribution in [0.15, 0.2) is 50.6 Å². The van der Waals surface area contributed by atoms with Crippen molar-refractivity contribution in [1.29, 1.82) is 0 Å². The van der Waals surface area contributed by atoms with Gasteiger partial charge in [-0.15, -0.1) is 11.3 Å². The number of rotatable bonds is 5. The van der Waals surface area contributed by atoms with Crippen LogP contribution in [0.3, 0.4) is 0 Å². The van der Waals surface area contributed by atoms with Crippen LogP contribution in [0.1, 0.15) is 23.7 Å². The van der Waals surface area contributed by atoms with Crippen molar-refractivity contribution in [3.63, 3.8) is 0 Å². The minimum absolute atomic E-state index is 0.0995.